The summed E-state index contributed by atoms with van der Waals surface area (Å²) in [6.45, 7) is 1.90. The zero-order chi connectivity index (χ0) is 18.7. The van der Waals surface area contributed by atoms with Gasteiger partial charge in [-0.3, -0.25) is 9.89 Å². The number of nitrogens with zero attached hydrogens (tertiary/aromatic N) is 2. The number of carbonyl (C=O) groups excluding carboxylic acids is 2. The standard InChI is InChI=1S/C19H19N3O4/c1-12-15(19(24)25-3)9-14(26-12)11-22(2)18(23)17-10-16(20-21-17)13-7-5-4-6-8-13/h4-10H,11H2,1-3H3,(H,20,21). The molecule has 0 aliphatic heterocycles. The third-order valence-corrected chi connectivity index (χ3v) is 3.99. The highest BCUT2D eigenvalue weighted by Gasteiger charge is 2.20. The Kier molecular flexibility index (Phi) is 4.88. The molecule has 7 nitrogen and oxygen atoms in total. The summed E-state index contributed by atoms with van der Waals surface area (Å²) in [5.74, 6) is 0.267. The summed E-state index contributed by atoms with van der Waals surface area (Å²) in [6, 6.07) is 12.9. The third-order valence-electron chi connectivity index (χ3n) is 3.99. The summed E-state index contributed by atoms with van der Waals surface area (Å²) in [5.41, 5.74) is 2.36. The monoisotopic (exact) mass is 353 g/mol. The van der Waals surface area contributed by atoms with Gasteiger partial charge >= 0.3 is 5.97 Å². The van der Waals surface area contributed by atoms with Crippen molar-refractivity contribution in [1.29, 1.82) is 0 Å². The number of hydrogen-bond acceptors (Lipinski definition) is 5. The third kappa shape index (κ3) is 3.51. The number of benzene rings is 1. The Labute approximate surface area is 150 Å². The van der Waals surface area contributed by atoms with Crippen molar-refractivity contribution < 1.29 is 18.7 Å². The smallest absolute Gasteiger partial charge is 0.341 e. The molecule has 134 valence electrons. The average Bonchev–Trinajstić information content (AvgIpc) is 3.28. The highest BCUT2D eigenvalue weighted by atomic mass is 16.5. The van der Waals surface area contributed by atoms with E-state index in [0.717, 1.165) is 5.56 Å². The lowest BCUT2D eigenvalue weighted by molar-refractivity contribution is 0.0598. The van der Waals surface area contributed by atoms with Crippen LogP contribution in [0.2, 0.25) is 0 Å². The van der Waals surface area contributed by atoms with Gasteiger partial charge in [0.05, 0.1) is 19.3 Å². The van der Waals surface area contributed by atoms with Gasteiger partial charge < -0.3 is 14.1 Å². The highest BCUT2D eigenvalue weighted by Crippen LogP contribution is 2.20. The largest absolute Gasteiger partial charge is 0.465 e. The van der Waals surface area contributed by atoms with Crippen LogP contribution in [0.3, 0.4) is 0 Å². The summed E-state index contributed by atoms with van der Waals surface area (Å²) in [6.07, 6.45) is 0. The molecule has 0 bridgehead atoms. The molecular formula is C19H19N3O4. The van der Waals surface area contributed by atoms with Crippen molar-refractivity contribution in [2.45, 2.75) is 13.5 Å². The van der Waals surface area contributed by atoms with Crippen LogP contribution in [-0.4, -0.2) is 41.1 Å². The van der Waals surface area contributed by atoms with E-state index >= 15 is 0 Å². The number of aryl methyl sites for hydroxylation is 1. The van der Waals surface area contributed by atoms with Crippen LogP contribution in [0.15, 0.2) is 46.9 Å². The van der Waals surface area contributed by atoms with E-state index in [0.29, 0.717) is 28.5 Å². The number of nitrogens with one attached hydrogen (secondary N) is 1. The summed E-state index contributed by atoms with van der Waals surface area (Å²) in [5, 5.41) is 6.96. The number of furan rings is 1. The van der Waals surface area contributed by atoms with Crippen LogP contribution >= 0.6 is 0 Å². The fourth-order valence-corrected chi connectivity index (χ4v) is 2.63. The van der Waals surface area contributed by atoms with E-state index in [-0.39, 0.29) is 12.5 Å². The van der Waals surface area contributed by atoms with Gasteiger partial charge in [0.15, 0.2) is 0 Å². The summed E-state index contributed by atoms with van der Waals surface area (Å²) in [4.78, 5) is 25.7. The number of methoxy groups -OCH3 is 1. The first-order chi connectivity index (χ1) is 12.5. The van der Waals surface area contributed by atoms with Gasteiger partial charge in [-0.1, -0.05) is 30.3 Å². The molecule has 1 aromatic carbocycles. The SMILES string of the molecule is COC(=O)c1cc(CN(C)C(=O)c2cc(-c3ccccc3)n[nH]2)oc1C. The second-order valence-electron chi connectivity index (χ2n) is 5.87. The van der Waals surface area contributed by atoms with E-state index in [1.54, 1.807) is 26.1 Å². The Bertz CT molecular complexity index is 927. The number of H-pyrrole nitrogens is 1. The summed E-state index contributed by atoms with van der Waals surface area (Å²) < 4.78 is 10.3. The van der Waals surface area contributed by atoms with E-state index in [4.69, 9.17) is 9.15 Å². The molecule has 0 spiro atoms. The Morgan fingerprint density at radius 3 is 2.65 bits per heavy atom. The maximum absolute atomic E-state index is 12.6. The number of esters is 1. The zero-order valence-electron chi connectivity index (χ0n) is 14.8. The van der Waals surface area contributed by atoms with Gasteiger partial charge in [-0.05, 0) is 19.1 Å². The molecule has 0 unspecified atom stereocenters. The molecule has 1 N–H and O–H groups in total. The lowest BCUT2D eigenvalue weighted by atomic mass is 10.1. The molecule has 2 aromatic heterocycles. The van der Waals surface area contributed by atoms with Crippen LogP contribution < -0.4 is 0 Å². The van der Waals surface area contributed by atoms with Crippen LogP contribution in [0.1, 0.15) is 32.4 Å². The lowest BCUT2D eigenvalue weighted by Gasteiger charge is -2.14. The molecule has 2 heterocycles. The molecule has 0 atom stereocenters. The Balaban J connectivity index is 1.73. The van der Waals surface area contributed by atoms with Gasteiger partial charge in [0.2, 0.25) is 0 Å². The van der Waals surface area contributed by atoms with Crippen molar-refractivity contribution in [1.82, 2.24) is 15.1 Å². The normalized spacial score (nSPS) is 10.6. The van der Waals surface area contributed by atoms with Gasteiger partial charge in [-0.15, -0.1) is 0 Å². The molecule has 0 aliphatic carbocycles. The first-order valence-corrected chi connectivity index (χ1v) is 8.03. The number of hydrogen-bond donors (Lipinski definition) is 1. The first kappa shape index (κ1) is 17.5. The van der Waals surface area contributed by atoms with Crippen LogP contribution in [0.5, 0.6) is 0 Å². The molecule has 3 aromatic rings. The molecular weight excluding hydrogens is 334 g/mol. The Morgan fingerprint density at radius 1 is 1.23 bits per heavy atom. The van der Waals surface area contributed by atoms with Crippen molar-refractivity contribution in [3.63, 3.8) is 0 Å². The van der Waals surface area contributed by atoms with Gasteiger partial charge in [-0.25, -0.2) is 4.79 Å². The van der Waals surface area contributed by atoms with E-state index in [2.05, 4.69) is 10.2 Å². The van der Waals surface area contributed by atoms with Crippen molar-refractivity contribution in [3.8, 4) is 11.3 Å². The van der Waals surface area contributed by atoms with Gasteiger partial charge in [-0.2, -0.15) is 5.10 Å². The first-order valence-electron chi connectivity index (χ1n) is 8.03. The number of ether oxygens (including phenoxy) is 1. The van der Waals surface area contributed by atoms with Crippen molar-refractivity contribution >= 4 is 11.9 Å². The topological polar surface area (TPSA) is 88.4 Å². The number of aromatic amines is 1. The summed E-state index contributed by atoms with van der Waals surface area (Å²) in [7, 11) is 2.97. The van der Waals surface area contributed by atoms with Crippen LogP contribution in [-0.2, 0) is 11.3 Å². The Morgan fingerprint density at radius 2 is 1.96 bits per heavy atom. The lowest BCUT2D eigenvalue weighted by Crippen LogP contribution is -2.26. The molecule has 3 rings (SSSR count). The van der Waals surface area contributed by atoms with Crippen LogP contribution in [0.4, 0.5) is 0 Å². The van der Waals surface area contributed by atoms with E-state index in [1.807, 2.05) is 30.3 Å². The zero-order valence-corrected chi connectivity index (χ0v) is 14.8. The highest BCUT2D eigenvalue weighted by molar-refractivity contribution is 5.93. The second-order valence-corrected chi connectivity index (χ2v) is 5.87. The van der Waals surface area contributed by atoms with Crippen molar-refractivity contribution in [3.05, 3.63) is 65.2 Å². The second kappa shape index (κ2) is 7.26. The number of aromatic nitrogens is 2. The van der Waals surface area contributed by atoms with Gasteiger partial charge in [0.1, 0.15) is 22.8 Å². The van der Waals surface area contributed by atoms with Crippen LogP contribution in [0, 0.1) is 6.92 Å². The minimum Gasteiger partial charge on any atom is -0.465 e. The molecule has 26 heavy (non-hydrogen) atoms. The van der Waals surface area contributed by atoms with Gasteiger partial charge in [0, 0.05) is 12.6 Å². The minimum atomic E-state index is -0.465. The maximum atomic E-state index is 12.6. The maximum Gasteiger partial charge on any atom is 0.341 e. The minimum absolute atomic E-state index is 0.219. The average molecular weight is 353 g/mol. The number of rotatable bonds is 5. The van der Waals surface area contributed by atoms with Crippen LogP contribution in [0.25, 0.3) is 11.3 Å². The molecule has 0 saturated heterocycles. The Hall–Kier alpha value is -3.35. The molecule has 0 radical (unpaired) electrons. The number of amides is 1. The summed E-state index contributed by atoms with van der Waals surface area (Å²) >= 11 is 0. The quantitative estimate of drug-likeness (QED) is 0.712. The number of carbonyl (C=O) groups is 2. The van der Waals surface area contributed by atoms with E-state index < -0.39 is 5.97 Å². The fraction of sp³-hybridized carbons (Fsp3) is 0.211. The van der Waals surface area contributed by atoms with E-state index in [9.17, 15) is 9.59 Å². The molecule has 7 heteroatoms. The van der Waals surface area contributed by atoms with Gasteiger partial charge in [0.25, 0.3) is 5.91 Å². The molecule has 0 fully saturated rings. The predicted molar refractivity (Wildman–Crippen MR) is 94.6 cm³/mol. The predicted octanol–water partition coefficient (Wildman–Crippen LogP) is 3.04. The molecule has 0 aliphatic rings. The fourth-order valence-electron chi connectivity index (χ4n) is 2.63. The van der Waals surface area contributed by atoms with E-state index in [1.165, 1.54) is 12.0 Å². The van der Waals surface area contributed by atoms with Crippen molar-refractivity contribution in [2.24, 2.45) is 0 Å². The van der Waals surface area contributed by atoms with Crippen molar-refractivity contribution in [2.75, 3.05) is 14.2 Å². The molecule has 1 amide bonds. The molecule has 0 saturated carbocycles.